The summed E-state index contributed by atoms with van der Waals surface area (Å²) in [4.78, 5) is 16.1. The summed E-state index contributed by atoms with van der Waals surface area (Å²) in [5.74, 6) is 2.02. The highest BCUT2D eigenvalue weighted by molar-refractivity contribution is 7.09. The van der Waals surface area contributed by atoms with Gasteiger partial charge in [0.2, 0.25) is 5.91 Å². The number of ether oxygens (including phenoxy) is 3. The number of nitrogens with zero attached hydrogens (tertiary/aromatic N) is 1. The Bertz CT molecular complexity index is 907. The van der Waals surface area contributed by atoms with E-state index in [-0.39, 0.29) is 12.3 Å². The summed E-state index contributed by atoms with van der Waals surface area (Å²) in [5.41, 5.74) is 1.70. The average molecular weight is 397 g/mol. The Kier molecular flexibility index (Phi) is 6.55. The van der Waals surface area contributed by atoms with Gasteiger partial charge >= 0.3 is 0 Å². The first-order valence-electron chi connectivity index (χ1n) is 8.82. The minimum atomic E-state index is 0.00536. The molecule has 1 amide bonds. The molecule has 146 valence electrons. The molecule has 5 nitrogen and oxygen atoms in total. The molecule has 1 aromatic heterocycles. The van der Waals surface area contributed by atoms with Gasteiger partial charge in [-0.25, -0.2) is 0 Å². The second-order valence-corrected chi connectivity index (χ2v) is 7.16. The third-order valence-electron chi connectivity index (χ3n) is 4.38. The minimum absolute atomic E-state index is 0.00536. The minimum Gasteiger partial charge on any atom is -0.497 e. The third-order valence-corrected chi connectivity index (χ3v) is 5.24. The van der Waals surface area contributed by atoms with E-state index in [1.807, 2.05) is 60.0 Å². The van der Waals surface area contributed by atoms with E-state index >= 15 is 0 Å². The molecule has 3 aromatic rings. The largest absolute Gasteiger partial charge is 0.497 e. The van der Waals surface area contributed by atoms with Crippen LogP contribution in [-0.4, -0.2) is 27.2 Å². The number of thiophene rings is 1. The van der Waals surface area contributed by atoms with Gasteiger partial charge in [-0.2, -0.15) is 0 Å². The SMILES string of the molecule is COc1ccc(N(Cc2cccs2)C(=O)Cc2ccc(OC)c(OC)c2)cc1. The normalized spacial score (nSPS) is 10.4. The van der Waals surface area contributed by atoms with Gasteiger partial charge in [0.25, 0.3) is 0 Å². The summed E-state index contributed by atoms with van der Waals surface area (Å²) in [5, 5.41) is 2.01. The van der Waals surface area contributed by atoms with Crippen molar-refractivity contribution >= 4 is 22.9 Å². The van der Waals surface area contributed by atoms with E-state index in [1.165, 1.54) is 0 Å². The molecular formula is C22H23NO4S. The highest BCUT2D eigenvalue weighted by Crippen LogP contribution is 2.29. The fourth-order valence-electron chi connectivity index (χ4n) is 2.90. The lowest BCUT2D eigenvalue weighted by Gasteiger charge is -2.23. The van der Waals surface area contributed by atoms with Gasteiger partial charge in [0.15, 0.2) is 11.5 Å². The molecule has 0 aliphatic rings. The summed E-state index contributed by atoms with van der Waals surface area (Å²) in [6.45, 7) is 0.524. The first-order chi connectivity index (χ1) is 13.6. The van der Waals surface area contributed by atoms with E-state index < -0.39 is 0 Å². The number of hydrogen-bond acceptors (Lipinski definition) is 5. The second kappa shape index (κ2) is 9.28. The Morgan fingerprint density at radius 2 is 1.68 bits per heavy atom. The summed E-state index contributed by atoms with van der Waals surface area (Å²) in [7, 11) is 4.81. The maximum atomic E-state index is 13.2. The number of anilines is 1. The molecule has 0 atom stereocenters. The second-order valence-electron chi connectivity index (χ2n) is 6.12. The molecule has 0 spiro atoms. The fraction of sp³-hybridized carbons (Fsp3) is 0.227. The van der Waals surface area contributed by atoms with E-state index in [0.29, 0.717) is 18.0 Å². The van der Waals surface area contributed by atoms with Crippen LogP contribution in [0.5, 0.6) is 17.2 Å². The molecule has 2 aromatic carbocycles. The Hall–Kier alpha value is -2.99. The molecule has 0 bridgehead atoms. The zero-order valence-electron chi connectivity index (χ0n) is 16.2. The van der Waals surface area contributed by atoms with Gasteiger partial charge in [-0.15, -0.1) is 11.3 Å². The van der Waals surface area contributed by atoms with E-state index in [0.717, 1.165) is 21.9 Å². The maximum Gasteiger partial charge on any atom is 0.231 e. The number of carbonyl (C=O) groups excluding carboxylic acids is 1. The molecule has 0 saturated carbocycles. The molecule has 0 radical (unpaired) electrons. The van der Waals surface area contributed by atoms with Gasteiger partial charge in [0.1, 0.15) is 5.75 Å². The van der Waals surface area contributed by atoms with Crippen molar-refractivity contribution in [2.75, 3.05) is 26.2 Å². The van der Waals surface area contributed by atoms with Gasteiger partial charge in [-0.1, -0.05) is 12.1 Å². The Balaban J connectivity index is 1.85. The molecule has 0 aliphatic carbocycles. The van der Waals surface area contributed by atoms with Crippen LogP contribution in [0, 0.1) is 0 Å². The molecule has 6 heteroatoms. The molecule has 0 fully saturated rings. The molecule has 3 rings (SSSR count). The Labute approximate surface area is 169 Å². The van der Waals surface area contributed by atoms with Crippen molar-refractivity contribution in [3.8, 4) is 17.2 Å². The lowest BCUT2D eigenvalue weighted by atomic mass is 10.1. The van der Waals surface area contributed by atoms with E-state index in [1.54, 1.807) is 37.6 Å². The van der Waals surface area contributed by atoms with Gasteiger partial charge in [-0.05, 0) is 53.4 Å². The molecule has 0 unspecified atom stereocenters. The summed E-state index contributed by atoms with van der Waals surface area (Å²) in [6.07, 6.45) is 0.262. The lowest BCUT2D eigenvalue weighted by Crippen LogP contribution is -2.31. The van der Waals surface area contributed by atoms with E-state index in [9.17, 15) is 4.79 Å². The van der Waals surface area contributed by atoms with E-state index in [4.69, 9.17) is 14.2 Å². The first-order valence-corrected chi connectivity index (χ1v) is 9.70. The molecule has 1 heterocycles. The van der Waals surface area contributed by atoms with Crippen LogP contribution in [0.25, 0.3) is 0 Å². The lowest BCUT2D eigenvalue weighted by molar-refractivity contribution is -0.118. The number of rotatable bonds is 8. The van der Waals surface area contributed by atoms with E-state index in [2.05, 4.69) is 0 Å². The third kappa shape index (κ3) is 4.64. The summed E-state index contributed by atoms with van der Waals surface area (Å²) < 4.78 is 15.9. The van der Waals surface area contributed by atoms with Crippen molar-refractivity contribution in [2.45, 2.75) is 13.0 Å². The van der Waals surface area contributed by atoms with Crippen LogP contribution in [-0.2, 0) is 17.8 Å². The van der Waals surface area contributed by atoms with Crippen molar-refractivity contribution in [3.63, 3.8) is 0 Å². The van der Waals surface area contributed by atoms with Crippen LogP contribution in [0.1, 0.15) is 10.4 Å². The quantitative estimate of drug-likeness (QED) is 0.559. The standard InChI is InChI=1S/C22H23NO4S/c1-25-18-9-7-17(8-10-18)23(15-19-5-4-12-28-19)22(24)14-16-6-11-20(26-2)21(13-16)27-3/h4-13H,14-15H2,1-3H3. The van der Waals surface area contributed by atoms with Crippen LogP contribution in [0.4, 0.5) is 5.69 Å². The zero-order valence-corrected chi connectivity index (χ0v) is 17.0. The highest BCUT2D eigenvalue weighted by Gasteiger charge is 2.18. The van der Waals surface area contributed by atoms with Crippen molar-refractivity contribution in [1.82, 2.24) is 0 Å². The van der Waals surface area contributed by atoms with Crippen LogP contribution in [0.15, 0.2) is 60.0 Å². The van der Waals surface area contributed by atoms with Gasteiger partial charge in [0.05, 0.1) is 34.3 Å². The van der Waals surface area contributed by atoms with Crippen molar-refractivity contribution in [3.05, 3.63) is 70.4 Å². The van der Waals surface area contributed by atoms with Gasteiger partial charge in [0, 0.05) is 10.6 Å². The monoisotopic (exact) mass is 397 g/mol. The maximum absolute atomic E-state index is 13.2. The van der Waals surface area contributed by atoms with Crippen LogP contribution < -0.4 is 19.1 Å². The van der Waals surface area contributed by atoms with Crippen LogP contribution in [0.3, 0.4) is 0 Å². The molecule has 28 heavy (non-hydrogen) atoms. The Morgan fingerprint density at radius 3 is 2.29 bits per heavy atom. The van der Waals surface area contributed by atoms with Crippen LogP contribution >= 0.6 is 11.3 Å². The first kappa shape index (κ1) is 19.8. The van der Waals surface area contributed by atoms with Crippen molar-refractivity contribution < 1.29 is 19.0 Å². The van der Waals surface area contributed by atoms with Crippen molar-refractivity contribution in [1.29, 1.82) is 0 Å². The highest BCUT2D eigenvalue weighted by atomic mass is 32.1. The molecule has 0 saturated heterocycles. The van der Waals surface area contributed by atoms with Crippen LogP contribution in [0.2, 0.25) is 0 Å². The number of carbonyl (C=O) groups is 1. The molecule has 0 aliphatic heterocycles. The van der Waals surface area contributed by atoms with Gasteiger partial charge in [-0.3, -0.25) is 4.79 Å². The fourth-order valence-corrected chi connectivity index (χ4v) is 3.60. The number of hydrogen-bond donors (Lipinski definition) is 0. The topological polar surface area (TPSA) is 48.0 Å². The smallest absolute Gasteiger partial charge is 0.231 e. The predicted octanol–water partition coefficient (Wildman–Crippen LogP) is 4.55. The molecule has 0 N–H and O–H groups in total. The zero-order chi connectivity index (χ0) is 19.9. The summed E-state index contributed by atoms with van der Waals surface area (Å²) >= 11 is 1.63. The Morgan fingerprint density at radius 1 is 0.929 bits per heavy atom. The number of benzene rings is 2. The molecular weight excluding hydrogens is 374 g/mol. The number of amides is 1. The van der Waals surface area contributed by atoms with Gasteiger partial charge < -0.3 is 19.1 Å². The average Bonchev–Trinajstić information content (AvgIpc) is 3.25. The predicted molar refractivity (Wildman–Crippen MR) is 112 cm³/mol. The number of methoxy groups -OCH3 is 3. The summed E-state index contributed by atoms with van der Waals surface area (Å²) in [6, 6.07) is 17.1. The van der Waals surface area contributed by atoms with Crippen molar-refractivity contribution in [2.24, 2.45) is 0 Å².